The van der Waals surface area contributed by atoms with E-state index in [4.69, 9.17) is 34.3 Å². The SMILES string of the molecule is N=C(N)SCCCn1cc(C2=C(c3c[nH]c4ccc(Cl)cc34)C(=O)NC2=O)c2cc(Cl)ccc21. The highest BCUT2D eigenvalue weighted by molar-refractivity contribution is 8.13. The van der Waals surface area contributed by atoms with E-state index in [2.05, 4.69) is 10.3 Å². The molecule has 4 aromatic rings. The summed E-state index contributed by atoms with van der Waals surface area (Å²) in [6, 6.07) is 10.9. The normalized spacial score (nSPS) is 13.9. The lowest BCUT2D eigenvalue weighted by molar-refractivity contribution is -0.122. The van der Waals surface area contributed by atoms with Gasteiger partial charge >= 0.3 is 0 Å². The number of hydrogen-bond donors (Lipinski definition) is 4. The van der Waals surface area contributed by atoms with Crippen molar-refractivity contribution in [3.05, 3.63) is 70.0 Å². The molecule has 5 rings (SSSR count). The van der Waals surface area contributed by atoms with E-state index >= 15 is 0 Å². The molecule has 2 aromatic carbocycles. The third kappa shape index (κ3) is 3.98. The largest absolute Gasteiger partial charge is 0.379 e. The fourth-order valence-corrected chi connectivity index (χ4v) is 5.18. The molecule has 0 unspecified atom stereocenters. The number of nitrogens with one attached hydrogen (secondary N) is 3. The van der Waals surface area contributed by atoms with Crippen molar-refractivity contribution in [2.45, 2.75) is 13.0 Å². The highest BCUT2D eigenvalue weighted by atomic mass is 35.5. The summed E-state index contributed by atoms with van der Waals surface area (Å²) in [6.45, 7) is 0.652. The molecule has 7 nitrogen and oxygen atoms in total. The Morgan fingerprint density at radius 1 is 1.00 bits per heavy atom. The highest BCUT2D eigenvalue weighted by Crippen LogP contribution is 2.39. The number of amides is 2. The van der Waals surface area contributed by atoms with Crippen molar-refractivity contribution in [3.63, 3.8) is 0 Å². The maximum absolute atomic E-state index is 13.1. The minimum atomic E-state index is -0.457. The van der Waals surface area contributed by atoms with Crippen LogP contribution in [-0.4, -0.2) is 32.3 Å². The Kier molecular flexibility index (Phi) is 5.89. The first-order chi connectivity index (χ1) is 16.3. The number of carbonyl (C=O) groups excluding carboxylic acids is 2. The van der Waals surface area contributed by atoms with Gasteiger partial charge in [0.15, 0.2) is 5.17 Å². The molecule has 5 N–H and O–H groups in total. The number of imide groups is 1. The Morgan fingerprint density at radius 2 is 1.68 bits per heavy atom. The molecule has 0 spiro atoms. The lowest BCUT2D eigenvalue weighted by Crippen LogP contribution is -2.22. The van der Waals surface area contributed by atoms with Crippen molar-refractivity contribution in [1.82, 2.24) is 14.9 Å². The van der Waals surface area contributed by atoms with Crippen molar-refractivity contribution < 1.29 is 9.59 Å². The van der Waals surface area contributed by atoms with E-state index < -0.39 is 11.8 Å². The van der Waals surface area contributed by atoms with Crippen LogP contribution in [0.5, 0.6) is 0 Å². The third-order valence-electron chi connectivity index (χ3n) is 5.76. The maximum Gasteiger partial charge on any atom is 0.259 e. The molecule has 2 aromatic heterocycles. The predicted octanol–water partition coefficient (Wildman–Crippen LogP) is 5.01. The fraction of sp³-hybridized carbons (Fsp3) is 0.125. The second-order valence-electron chi connectivity index (χ2n) is 7.89. The van der Waals surface area contributed by atoms with E-state index in [0.29, 0.717) is 44.6 Å². The Bertz CT molecular complexity index is 1540. The second-order valence-corrected chi connectivity index (χ2v) is 9.90. The van der Waals surface area contributed by atoms with Gasteiger partial charge in [0, 0.05) is 67.7 Å². The number of nitrogens with two attached hydrogens (primary N) is 1. The molecule has 3 heterocycles. The smallest absolute Gasteiger partial charge is 0.259 e. The van der Waals surface area contributed by atoms with Gasteiger partial charge in [0.25, 0.3) is 11.8 Å². The molecule has 0 atom stereocenters. The van der Waals surface area contributed by atoms with Crippen LogP contribution in [0.1, 0.15) is 17.5 Å². The van der Waals surface area contributed by atoms with Gasteiger partial charge < -0.3 is 15.3 Å². The van der Waals surface area contributed by atoms with Crippen LogP contribution in [0, 0.1) is 5.41 Å². The molecule has 0 radical (unpaired) electrons. The van der Waals surface area contributed by atoms with E-state index in [0.717, 1.165) is 28.2 Å². The molecular weight excluding hydrogens is 493 g/mol. The molecule has 34 heavy (non-hydrogen) atoms. The monoisotopic (exact) mass is 511 g/mol. The highest BCUT2D eigenvalue weighted by Gasteiger charge is 2.35. The number of benzene rings is 2. The first-order valence-corrected chi connectivity index (χ1v) is 12.2. The zero-order chi connectivity index (χ0) is 24.0. The van der Waals surface area contributed by atoms with Gasteiger partial charge in [0.1, 0.15) is 0 Å². The number of hydrogen-bond acceptors (Lipinski definition) is 4. The van der Waals surface area contributed by atoms with Crippen LogP contribution in [0.25, 0.3) is 33.0 Å². The number of H-pyrrole nitrogens is 1. The molecular formula is C24H19Cl2N5O2S. The number of aromatic nitrogens is 2. The molecule has 2 amide bonds. The zero-order valence-electron chi connectivity index (χ0n) is 17.7. The molecule has 0 saturated heterocycles. The van der Waals surface area contributed by atoms with E-state index in [9.17, 15) is 9.59 Å². The number of aromatic amines is 1. The van der Waals surface area contributed by atoms with Gasteiger partial charge in [0.05, 0.1) is 11.1 Å². The van der Waals surface area contributed by atoms with Gasteiger partial charge in [-0.1, -0.05) is 35.0 Å². The van der Waals surface area contributed by atoms with E-state index in [-0.39, 0.29) is 5.17 Å². The summed E-state index contributed by atoms with van der Waals surface area (Å²) < 4.78 is 2.04. The average molecular weight is 512 g/mol. The summed E-state index contributed by atoms with van der Waals surface area (Å²) in [5, 5.41) is 12.5. The lowest BCUT2D eigenvalue weighted by Gasteiger charge is -2.05. The van der Waals surface area contributed by atoms with Crippen molar-refractivity contribution >= 4 is 84.9 Å². The molecule has 0 saturated carbocycles. The first kappa shape index (κ1) is 22.6. The van der Waals surface area contributed by atoms with Crippen LogP contribution in [0.4, 0.5) is 0 Å². The summed E-state index contributed by atoms with van der Waals surface area (Å²) in [4.78, 5) is 29.2. The summed E-state index contributed by atoms with van der Waals surface area (Å²) in [5.41, 5.74) is 8.98. The Balaban J connectivity index is 1.68. The predicted molar refractivity (Wildman–Crippen MR) is 139 cm³/mol. The first-order valence-electron chi connectivity index (χ1n) is 10.5. The van der Waals surface area contributed by atoms with E-state index in [1.165, 1.54) is 11.8 Å². The Morgan fingerprint density at radius 3 is 2.41 bits per heavy atom. The lowest BCUT2D eigenvalue weighted by atomic mass is 9.95. The number of halogens is 2. The van der Waals surface area contributed by atoms with Crippen LogP contribution < -0.4 is 11.1 Å². The number of nitrogens with zero attached hydrogens (tertiary/aromatic N) is 1. The van der Waals surface area contributed by atoms with Crippen LogP contribution in [-0.2, 0) is 16.1 Å². The van der Waals surface area contributed by atoms with Crippen LogP contribution in [0.15, 0.2) is 48.8 Å². The second kappa shape index (κ2) is 8.87. The van der Waals surface area contributed by atoms with Crippen molar-refractivity contribution in [2.75, 3.05) is 5.75 Å². The maximum atomic E-state index is 13.1. The Hall–Kier alpha value is -3.20. The molecule has 1 aliphatic heterocycles. The molecule has 1 aliphatic rings. The van der Waals surface area contributed by atoms with Gasteiger partial charge in [-0.3, -0.25) is 20.3 Å². The van der Waals surface area contributed by atoms with Gasteiger partial charge in [-0.15, -0.1) is 0 Å². The number of aryl methyl sites for hydroxylation is 1. The topological polar surface area (TPSA) is 117 Å². The van der Waals surface area contributed by atoms with Crippen LogP contribution in [0.2, 0.25) is 10.0 Å². The Labute approximate surface area is 208 Å². The standard InChI is InChI=1S/C24H19Cl2N5O2S/c25-12-2-4-18-14(8-12)16(10-29-18)20-21(23(33)30-22(20)32)17-11-31(6-1-7-34-24(27)28)19-5-3-13(26)9-15(17)19/h2-5,8-11,29H,1,6-7H2,(H3,27,28)(H,30,32,33). The summed E-state index contributed by atoms with van der Waals surface area (Å²) in [7, 11) is 0. The molecule has 0 fully saturated rings. The minimum absolute atomic E-state index is 0.0830. The molecule has 10 heteroatoms. The summed E-state index contributed by atoms with van der Waals surface area (Å²) in [6.07, 6.45) is 4.38. The molecule has 0 aliphatic carbocycles. The number of rotatable bonds is 6. The van der Waals surface area contributed by atoms with Gasteiger partial charge in [0.2, 0.25) is 0 Å². The van der Waals surface area contributed by atoms with Gasteiger partial charge in [-0.2, -0.15) is 0 Å². The van der Waals surface area contributed by atoms with Crippen molar-refractivity contribution in [1.29, 1.82) is 5.41 Å². The van der Waals surface area contributed by atoms with E-state index in [1.807, 2.05) is 22.9 Å². The number of carbonyl (C=O) groups is 2. The quantitative estimate of drug-likeness (QED) is 0.126. The molecule has 0 bridgehead atoms. The van der Waals surface area contributed by atoms with Crippen molar-refractivity contribution in [2.24, 2.45) is 5.73 Å². The zero-order valence-corrected chi connectivity index (χ0v) is 20.1. The molecule has 172 valence electrons. The number of fused-ring (bicyclic) bond motifs is 2. The third-order valence-corrected chi connectivity index (χ3v) is 7.03. The van der Waals surface area contributed by atoms with Gasteiger partial charge in [-0.25, -0.2) is 0 Å². The van der Waals surface area contributed by atoms with E-state index in [1.54, 1.807) is 30.5 Å². The minimum Gasteiger partial charge on any atom is -0.379 e. The summed E-state index contributed by atoms with van der Waals surface area (Å²) in [5.74, 6) is -0.217. The van der Waals surface area contributed by atoms with Gasteiger partial charge in [-0.05, 0) is 42.8 Å². The van der Waals surface area contributed by atoms with Crippen molar-refractivity contribution in [3.8, 4) is 0 Å². The fourth-order valence-electron chi connectivity index (χ4n) is 4.34. The number of amidine groups is 1. The average Bonchev–Trinajstić information content (AvgIpc) is 3.43. The summed E-state index contributed by atoms with van der Waals surface area (Å²) >= 11 is 13.8. The van der Waals surface area contributed by atoms with Crippen LogP contribution in [0.3, 0.4) is 0 Å². The number of thioether (sulfide) groups is 1. The van der Waals surface area contributed by atoms with Crippen LogP contribution >= 0.6 is 35.0 Å².